The van der Waals surface area contributed by atoms with Crippen molar-refractivity contribution in [3.63, 3.8) is 0 Å². The Kier molecular flexibility index (Phi) is 5.40. The molecule has 0 radical (unpaired) electrons. The third kappa shape index (κ3) is 4.45. The Morgan fingerprint density at radius 3 is 2.83 bits per heavy atom. The van der Waals surface area contributed by atoms with Gasteiger partial charge in [-0.25, -0.2) is 8.42 Å². The standard InChI is InChI=1S/C11H24N4O2S/c1-4-9(2)14-11(12)13-8-10-6-5-7-15(10)18(3,16)17/h9-10H,4-8H2,1-3H3,(H3,12,13,14)/t9?,10-/m1/s1. The summed E-state index contributed by atoms with van der Waals surface area (Å²) in [5.74, 6) is 0.393. The molecule has 0 bridgehead atoms. The number of hydrogen-bond acceptors (Lipinski definition) is 3. The number of rotatable bonds is 5. The van der Waals surface area contributed by atoms with Crippen LogP contribution in [0.1, 0.15) is 33.1 Å². The third-order valence-electron chi connectivity index (χ3n) is 3.23. The molecule has 0 aliphatic carbocycles. The van der Waals surface area contributed by atoms with Crippen LogP contribution >= 0.6 is 0 Å². The first kappa shape index (κ1) is 15.2. The van der Waals surface area contributed by atoms with E-state index in [-0.39, 0.29) is 12.1 Å². The second-order valence-electron chi connectivity index (χ2n) is 4.85. The Morgan fingerprint density at radius 1 is 1.61 bits per heavy atom. The first-order valence-corrected chi connectivity index (χ1v) is 8.22. The van der Waals surface area contributed by atoms with Crippen LogP contribution in [0.4, 0.5) is 0 Å². The smallest absolute Gasteiger partial charge is 0.211 e. The van der Waals surface area contributed by atoms with Crippen molar-refractivity contribution in [3.05, 3.63) is 0 Å². The lowest BCUT2D eigenvalue weighted by molar-refractivity contribution is 0.396. The Balaban J connectivity index is 2.54. The topological polar surface area (TPSA) is 87.8 Å². The average molecular weight is 276 g/mol. The highest BCUT2D eigenvalue weighted by molar-refractivity contribution is 7.88. The first-order valence-electron chi connectivity index (χ1n) is 6.37. The molecule has 1 aliphatic heterocycles. The number of aliphatic imine (C=N–C) groups is 1. The summed E-state index contributed by atoms with van der Waals surface area (Å²) in [6, 6.07) is 0.237. The molecule has 2 atom stereocenters. The van der Waals surface area contributed by atoms with E-state index in [1.807, 2.05) is 6.92 Å². The van der Waals surface area contributed by atoms with Gasteiger partial charge in [0.05, 0.1) is 12.8 Å². The van der Waals surface area contributed by atoms with Crippen molar-refractivity contribution in [1.82, 2.24) is 9.62 Å². The van der Waals surface area contributed by atoms with E-state index in [9.17, 15) is 8.42 Å². The van der Waals surface area contributed by atoms with E-state index >= 15 is 0 Å². The molecule has 0 saturated carbocycles. The Hall–Kier alpha value is -0.820. The van der Waals surface area contributed by atoms with Crippen LogP contribution in [0.15, 0.2) is 4.99 Å². The Morgan fingerprint density at radius 2 is 2.28 bits per heavy atom. The Bertz CT molecular complexity index is 394. The van der Waals surface area contributed by atoms with Gasteiger partial charge in [0.15, 0.2) is 5.96 Å². The summed E-state index contributed by atoms with van der Waals surface area (Å²) in [6.07, 6.45) is 3.96. The molecule has 106 valence electrons. The van der Waals surface area contributed by atoms with E-state index in [4.69, 9.17) is 5.73 Å². The van der Waals surface area contributed by atoms with Gasteiger partial charge in [-0.2, -0.15) is 4.31 Å². The fourth-order valence-electron chi connectivity index (χ4n) is 2.03. The third-order valence-corrected chi connectivity index (χ3v) is 4.56. The minimum atomic E-state index is -3.12. The summed E-state index contributed by atoms with van der Waals surface area (Å²) >= 11 is 0. The van der Waals surface area contributed by atoms with Gasteiger partial charge in [-0.05, 0) is 26.2 Å². The van der Waals surface area contributed by atoms with Gasteiger partial charge in [0.2, 0.25) is 10.0 Å². The maximum Gasteiger partial charge on any atom is 0.211 e. The van der Waals surface area contributed by atoms with Gasteiger partial charge < -0.3 is 11.1 Å². The highest BCUT2D eigenvalue weighted by atomic mass is 32.2. The number of guanidine groups is 1. The van der Waals surface area contributed by atoms with Crippen LogP contribution < -0.4 is 11.1 Å². The monoisotopic (exact) mass is 276 g/mol. The van der Waals surface area contributed by atoms with E-state index < -0.39 is 10.0 Å². The molecule has 6 nitrogen and oxygen atoms in total. The maximum atomic E-state index is 11.5. The van der Waals surface area contributed by atoms with Gasteiger partial charge in [-0.15, -0.1) is 0 Å². The molecule has 0 aromatic carbocycles. The molecular weight excluding hydrogens is 252 g/mol. The van der Waals surface area contributed by atoms with Crippen molar-refractivity contribution < 1.29 is 8.42 Å². The number of sulfonamides is 1. The molecule has 18 heavy (non-hydrogen) atoms. The minimum Gasteiger partial charge on any atom is -0.370 e. The first-order chi connectivity index (χ1) is 8.34. The molecule has 1 unspecified atom stereocenters. The van der Waals surface area contributed by atoms with Crippen molar-refractivity contribution >= 4 is 16.0 Å². The average Bonchev–Trinajstić information content (AvgIpc) is 2.74. The van der Waals surface area contributed by atoms with Gasteiger partial charge in [0.1, 0.15) is 0 Å². The van der Waals surface area contributed by atoms with Crippen LogP contribution in [-0.4, -0.2) is 50.1 Å². The minimum absolute atomic E-state index is 0.0442. The molecule has 1 rings (SSSR count). The summed E-state index contributed by atoms with van der Waals surface area (Å²) < 4.78 is 24.6. The predicted octanol–water partition coefficient (Wildman–Crippen LogP) is 0.113. The van der Waals surface area contributed by atoms with E-state index in [0.717, 1.165) is 19.3 Å². The SMILES string of the molecule is CCC(C)NC(N)=NC[C@H]1CCCN1S(C)(=O)=O. The number of nitrogens with one attached hydrogen (secondary N) is 1. The van der Waals surface area contributed by atoms with Crippen LogP contribution in [0, 0.1) is 0 Å². The lowest BCUT2D eigenvalue weighted by atomic mass is 10.2. The number of hydrogen-bond donors (Lipinski definition) is 2. The molecule has 1 aliphatic rings. The van der Waals surface area contributed by atoms with Crippen LogP contribution in [-0.2, 0) is 10.0 Å². The van der Waals surface area contributed by atoms with Crippen LogP contribution in [0.3, 0.4) is 0 Å². The lowest BCUT2D eigenvalue weighted by Crippen LogP contribution is -2.40. The Labute approximate surface area is 110 Å². The second-order valence-corrected chi connectivity index (χ2v) is 6.78. The fourth-order valence-corrected chi connectivity index (χ4v) is 3.21. The summed E-state index contributed by atoms with van der Waals surface area (Å²) in [6.45, 7) is 5.12. The molecule has 0 amide bonds. The summed E-state index contributed by atoms with van der Waals surface area (Å²) in [5.41, 5.74) is 5.75. The molecular formula is C11H24N4O2S. The fraction of sp³-hybridized carbons (Fsp3) is 0.909. The number of nitrogens with two attached hydrogens (primary N) is 1. The van der Waals surface area contributed by atoms with E-state index in [2.05, 4.69) is 17.2 Å². The van der Waals surface area contributed by atoms with Gasteiger partial charge in [-0.1, -0.05) is 6.92 Å². The zero-order valence-corrected chi connectivity index (χ0v) is 12.2. The molecule has 3 N–H and O–H groups in total. The van der Waals surface area contributed by atoms with Crippen LogP contribution in [0.5, 0.6) is 0 Å². The molecule has 0 aromatic heterocycles. The van der Waals surface area contributed by atoms with E-state index in [1.54, 1.807) is 0 Å². The van der Waals surface area contributed by atoms with Gasteiger partial charge in [0.25, 0.3) is 0 Å². The van der Waals surface area contributed by atoms with Gasteiger partial charge >= 0.3 is 0 Å². The summed E-state index contributed by atoms with van der Waals surface area (Å²) in [4.78, 5) is 4.24. The quantitative estimate of drug-likeness (QED) is 0.551. The van der Waals surface area contributed by atoms with Gasteiger partial charge in [0, 0.05) is 18.6 Å². The van der Waals surface area contributed by atoms with Gasteiger partial charge in [-0.3, -0.25) is 4.99 Å². The summed E-state index contributed by atoms with van der Waals surface area (Å²) in [7, 11) is -3.12. The van der Waals surface area contributed by atoms with Crippen LogP contribution in [0.25, 0.3) is 0 Å². The molecule has 0 spiro atoms. The van der Waals surface area contributed by atoms with Crippen LogP contribution in [0.2, 0.25) is 0 Å². The largest absolute Gasteiger partial charge is 0.370 e. The lowest BCUT2D eigenvalue weighted by Gasteiger charge is -2.20. The zero-order valence-electron chi connectivity index (χ0n) is 11.4. The molecule has 0 aromatic rings. The normalized spacial score (nSPS) is 24.2. The van der Waals surface area contributed by atoms with Crippen molar-refractivity contribution in [2.24, 2.45) is 10.7 Å². The van der Waals surface area contributed by atoms with E-state index in [0.29, 0.717) is 19.0 Å². The molecule has 1 heterocycles. The van der Waals surface area contributed by atoms with Crippen molar-refractivity contribution in [1.29, 1.82) is 0 Å². The predicted molar refractivity (Wildman–Crippen MR) is 73.9 cm³/mol. The number of nitrogens with zero attached hydrogens (tertiary/aromatic N) is 2. The second kappa shape index (κ2) is 6.38. The zero-order chi connectivity index (χ0) is 13.8. The maximum absolute atomic E-state index is 11.5. The van der Waals surface area contributed by atoms with Crippen molar-refractivity contribution in [3.8, 4) is 0 Å². The van der Waals surface area contributed by atoms with E-state index in [1.165, 1.54) is 10.6 Å². The molecule has 7 heteroatoms. The highest BCUT2D eigenvalue weighted by Gasteiger charge is 2.30. The van der Waals surface area contributed by atoms with Crippen molar-refractivity contribution in [2.75, 3.05) is 19.3 Å². The van der Waals surface area contributed by atoms with Crippen molar-refractivity contribution in [2.45, 2.75) is 45.2 Å². The summed E-state index contributed by atoms with van der Waals surface area (Å²) in [5, 5.41) is 3.07. The molecule has 1 fully saturated rings. The molecule has 1 saturated heterocycles. The highest BCUT2D eigenvalue weighted by Crippen LogP contribution is 2.20.